The SMILES string of the molecule is O=C(Nc1cccc(OCCCc2ccccc2)c1)c1ccncc1. The van der Waals surface area contributed by atoms with Gasteiger partial charge in [-0.25, -0.2) is 0 Å². The molecule has 0 atom stereocenters. The second-order valence-corrected chi connectivity index (χ2v) is 5.66. The van der Waals surface area contributed by atoms with Crippen molar-refractivity contribution in [2.24, 2.45) is 0 Å². The molecule has 1 amide bonds. The summed E-state index contributed by atoms with van der Waals surface area (Å²) in [6, 6.07) is 21.2. The van der Waals surface area contributed by atoms with Crippen LogP contribution < -0.4 is 10.1 Å². The number of hydrogen-bond donors (Lipinski definition) is 1. The average molecular weight is 332 g/mol. The van der Waals surface area contributed by atoms with E-state index in [1.54, 1.807) is 24.5 Å². The molecular formula is C21H20N2O2. The highest BCUT2D eigenvalue weighted by molar-refractivity contribution is 6.04. The number of aromatic nitrogens is 1. The quantitative estimate of drug-likeness (QED) is 0.655. The van der Waals surface area contributed by atoms with Gasteiger partial charge >= 0.3 is 0 Å². The Hall–Kier alpha value is -3.14. The fraction of sp³-hybridized carbons (Fsp3) is 0.143. The van der Waals surface area contributed by atoms with E-state index in [2.05, 4.69) is 22.4 Å². The zero-order chi connectivity index (χ0) is 17.3. The highest BCUT2D eigenvalue weighted by Crippen LogP contribution is 2.18. The minimum atomic E-state index is -0.163. The molecule has 1 heterocycles. The zero-order valence-corrected chi connectivity index (χ0v) is 13.9. The molecule has 1 aromatic heterocycles. The monoisotopic (exact) mass is 332 g/mol. The van der Waals surface area contributed by atoms with Gasteiger partial charge in [-0.2, -0.15) is 0 Å². The molecule has 25 heavy (non-hydrogen) atoms. The highest BCUT2D eigenvalue weighted by atomic mass is 16.5. The van der Waals surface area contributed by atoms with Gasteiger partial charge in [-0.05, 0) is 42.7 Å². The number of rotatable bonds is 7. The standard InChI is InChI=1S/C21H20N2O2/c24-21(18-11-13-22-14-12-18)23-19-9-4-10-20(16-19)25-15-5-8-17-6-2-1-3-7-17/h1-4,6-7,9-14,16H,5,8,15H2,(H,23,24). The van der Waals surface area contributed by atoms with Gasteiger partial charge in [0.05, 0.1) is 6.61 Å². The van der Waals surface area contributed by atoms with Gasteiger partial charge in [-0.3, -0.25) is 9.78 Å². The maximum atomic E-state index is 12.2. The van der Waals surface area contributed by atoms with E-state index in [0.29, 0.717) is 17.9 Å². The van der Waals surface area contributed by atoms with Crippen LogP contribution in [0.3, 0.4) is 0 Å². The summed E-state index contributed by atoms with van der Waals surface area (Å²) in [5.74, 6) is 0.587. The van der Waals surface area contributed by atoms with Gasteiger partial charge in [0, 0.05) is 29.7 Å². The van der Waals surface area contributed by atoms with Crippen molar-refractivity contribution in [1.29, 1.82) is 0 Å². The van der Waals surface area contributed by atoms with E-state index < -0.39 is 0 Å². The van der Waals surface area contributed by atoms with Crippen LogP contribution in [0.15, 0.2) is 79.1 Å². The number of nitrogens with one attached hydrogen (secondary N) is 1. The number of nitrogens with zero attached hydrogens (tertiary/aromatic N) is 1. The van der Waals surface area contributed by atoms with Crippen LogP contribution in [-0.2, 0) is 6.42 Å². The topological polar surface area (TPSA) is 51.2 Å². The number of hydrogen-bond acceptors (Lipinski definition) is 3. The van der Waals surface area contributed by atoms with Crippen molar-refractivity contribution in [3.63, 3.8) is 0 Å². The summed E-state index contributed by atoms with van der Waals surface area (Å²) in [4.78, 5) is 16.1. The lowest BCUT2D eigenvalue weighted by molar-refractivity contribution is 0.102. The third-order valence-corrected chi connectivity index (χ3v) is 3.76. The molecule has 0 saturated carbocycles. The molecule has 1 N–H and O–H groups in total. The molecule has 126 valence electrons. The minimum absolute atomic E-state index is 0.163. The summed E-state index contributed by atoms with van der Waals surface area (Å²) >= 11 is 0. The number of aryl methyl sites for hydroxylation is 1. The number of carbonyl (C=O) groups excluding carboxylic acids is 1. The van der Waals surface area contributed by atoms with Gasteiger partial charge in [0.25, 0.3) is 5.91 Å². The van der Waals surface area contributed by atoms with Crippen LogP contribution in [0.25, 0.3) is 0 Å². The van der Waals surface area contributed by atoms with Crippen molar-refractivity contribution >= 4 is 11.6 Å². The van der Waals surface area contributed by atoms with E-state index in [1.165, 1.54) is 5.56 Å². The van der Waals surface area contributed by atoms with E-state index in [9.17, 15) is 4.79 Å². The lowest BCUT2D eigenvalue weighted by Crippen LogP contribution is -2.11. The van der Waals surface area contributed by atoms with Crippen LogP contribution in [0, 0.1) is 0 Å². The molecule has 3 rings (SSSR count). The molecule has 0 saturated heterocycles. The fourth-order valence-corrected chi connectivity index (χ4v) is 2.48. The Balaban J connectivity index is 1.50. The van der Waals surface area contributed by atoms with Crippen LogP contribution >= 0.6 is 0 Å². The second kappa shape index (κ2) is 8.64. The molecule has 0 radical (unpaired) electrons. The van der Waals surface area contributed by atoms with Crippen molar-refractivity contribution in [2.75, 3.05) is 11.9 Å². The Morgan fingerprint density at radius 1 is 0.960 bits per heavy atom. The Morgan fingerprint density at radius 2 is 1.76 bits per heavy atom. The lowest BCUT2D eigenvalue weighted by atomic mass is 10.1. The van der Waals surface area contributed by atoms with E-state index >= 15 is 0 Å². The number of anilines is 1. The molecule has 0 aliphatic heterocycles. The van der Waals surface area contributed by atoms with Crippen LogP contribution in [0.4, 0.5) is 5.69 Å². The zero-order valence-electron chi connectivity index (χ0n) is 13.9. The first kappa shape index (κ1) is 16.7. The smallest absolute Gasteiger partial charge is 0.255 e. The minimum Gasteiger partial charge on any atom is -0.494 e. The molecule has 0 aliphatic carbocycles. The van der Waals surface area contributed by atoms with Gasteiger partial charge in [0.1, 0.15) is 5.75 Å². The third kappa shape index (κ3) is 5.18. The molecule has 0 bridgehead atoms. The predicted molar refractivity (Wildman–Crippen MR) is 98.9 cm³/mol. The van der Waals surface area contributed by atoms with Crippen molar-refractivity contribution < 1.29 is 9.53 Å². The van der Waals surface area contributed by atoms with Gasteiger partial charge in [-0.15, -0.1) is 0 Å². The summed E-state index contributed by atoms with van der Waals surface area (Å²) in [6.07, 6.45) is 5.12. The largest absolute Gasteiger partial charge is 0.494 e. The Labute approximate surface area is 147 Å². The van der Waals surface area contributed by atoms with E-state index in [-0.39, 0.29) is 5.91 Å². The normalized spacial score (nSPS) is 10.2. The molecule has 3 aromatic rings. The van der Waals surface area contributed by atoms with Gasteiger partial charge in [0.15, 0.2) is 0 Å². The second-order valence-electron chi connectivity index (χ2n) is 5.66. The first-order valence-corrected chi connectivity index (χ1v) is 8.29. The fourth-order valence-electron chi connectivity index (χ4n) is 2.48. The number of carbonyl (C=O) groups is 1. The number of ether oxygens (including phenoxy) is 1. The summed E-state index contributed by atoms with van der Waals surface area (Å²) in [6.45, 7) is 0.636. The first-order valence-electron chi connectivity index (χ1n) is 8.29. The van der Waals surface area contributed by atoms with Crippen LogP contribution in [0.2, 0.25) is 0 Å². The maximum Gasteiger partial charge on any atom is 0.255 e. The number of benzene rings is 2. The maximum absolute atomic E-state index is 12.2. The summed E-state index contributed by atoms with van der Waals surface area (Å²) in [5.41, 5.74) is 2.59. The van der Waals surface area contributed by atoms with Gasteiger partial charge in [-0.1, -0.05) is 36.4 Å². The van der Waals surface area contributed by atoms with Crippen molar-refractivity contribution in [2.45, 2.75) is 12.8 Å². The van der Waals surface area contributed by atoms with Crippen LogP contribution in [0.5, 0.6) is 5.75 Å². The third-order valence-electron chi connectivity index (χ3n) is 3.76. The van der Waals surface area contributed by atoms with E-state index in [0.717, 1.165) is 18.6 Å². The molecule has 4 nitrogen and oxygen atoms in total. The van der Waals surface area contributed by atoms with E-state index in [4.69, 9.17) is 4.74 Å². The van der Waals surface area contributed by atoms with Crippen molar-refractivity contribution in [1.82, 2.24) is 4.98 Å². The van der Waals surface area contributed by atoms with Crippen molar-refractivity contribution in [3.05, 3.63) is 90.3 Å². The first-order chi connectivity index (χ1) is 12.3. The van der Waals surface area contributed by atoms with Crippen LogP contribution in [-0.4, -0.2) is 17.5 Å². The molecular weight excluding hydrogens is 312 g/mol. The molecule has 0 aliphatic rings. The predicted octanol–water partition coefficient (Wildman–Crippen LogP) is 4.35. The molecule has 0 unspecified atom stereocenters. The van der Waals surface area contributed by atoms with Crippen molar-refractivity contribution in [3.8, 4) is 5.75 Å². The molecule has 0 fully saturated rings. The Kier molecular flexibility index (Phi) is 5.77. The van der Waals surface area contributed by atoms with Gasteiger partial charge < -0.3 is 10.1 Å². The average Bonchev–Trinajstić information content (AvgIpc) is 2.67. The van der Waals surface area contributed by atoms with Crippen LogP contribution in [0.1, 0.15) is 22.3 Å². The summed E-state index contributed by atoms with van der Waals surface area (Å²) in [5, 5.41) is 2.87. The molecule has 2 aromatic carbocycles. The number of pyridine rings is 1. The molecule has 4 heteroatoms. The van der Waals surface area contributed by atoms with E-state index in [1.807, 2.05) is 42.5 Å². The Bertz CT molecular complexity index is 804. The number of amides is 1. The highest BCUT2D eigenvalue weighted by Gasteiger charge is 2.06. The molecule has 0 spiro atoms. The Morgan fingerprint density at radius 3 is 2.56 bits per heavy atom. The van der Waals surface area contributed by atoms with Gasteiger partial charge in [0.2, 0.25) is 0 Å². The lowest BCUT2D eigenvalue weighted by Gasteiger charge is -2.09. The summed E-state index contributed by atoms with van der Waals surface area (Å²) < 4.78 is 5.79. The summed E-state index contributed by atoms with van der Waals surface area (Å²) in [7, 11) is 0.